The highest BCUT2D eigenvalue weighted by molar-refractivity contribution is 7.91. The molecule has 1 aromatic rings. The van der Waals surface area contributed by atoms with Crippen LogP contribution in [-0.4, -0.2) is 39.8 Å². The predicted molar refractivity (Wildman–Crippen MR) is 60.2 cm³/mol. The zero-order valence-corrected chi connectivity index (χ0v) is 10.2. The Balaban J connectivity index is 1.97. The molecule has 1 aromatic heterocycles. The van der Waals surface area contributed by atoms with Crippen molar-refractivity contribution in [2.75, 3.05) is 11.5 Å². The molecule has 2 aliphatic heterocycles. The molecule has 0 bridgehead atoms. The first-order valence-electron chi connectivity index (χ1n) is 5.89. The monoisotopic (exact) mass is 257 g/mol. The van der Waals surface area contributed by atoms with E-state index in [1.807, 2.05) is 0 Å². The Morgan fingerprint density at radius 3 is 2.82 bits per heavy atom. The minimum atomic E-state index is -2.93. The highest BCUT2D eigenvalue weighted by Crippen LogP contribution is 2.32. The van der Waals surface area contributed by atoms with E-state index < -0.39 is 16.1 Å². The topological polar surface area (TPSA) is 85.1 Å². The van der Waals surface area contributed by atoms with Crippen LogP contribution in [0.15, 0.2) is 0 Å². The molecule has 0 spiro atoms. The lowest BCUT2D eigenvalue weighted by atomic mass is 10.1. The summed E-state index contributed by atoms with van der Waals surface area (Å²) in [5.41, 5.74) is 0. The van der Waals surface area contributed by atoms with Crippen LogP contribution in [0, 0.1) is 0 Å². The predicted octanol–water partition coefficient (Wildman–Crippen LogP) is 0.00740. The van der Waals surface area contributed by atoms with Gasteiger partial charge in [0, 0.05) is 12.3 Å². The molecule has 2 atom stereocenters. The zero-order valence-electron chi connectivity index (χ0n) is 9.41. The molecule has 1 N–H and O–H groups in total. The third-order valence-electron chi connectivity index (χ3n) is 3.55. The summed E-state index contributed by atoms with van der Waals surface area (Å²) in [5, 5.41) is 18.1. The fourth-order valence-electron chi connectivity index (χ4n) is 2.68. The third kappa shape index (κ3) is 1.87. The van der Waals surface area contributed by atoms with Gasteiger partial charge in [0.25, 0.3) is 0 Å². The Morgan fingerprint density at radius 1 is 1.29 bits per heavy atom. The molecule has 6 nitrogen and oxygen atoms in total. The molecular weight excluding hydrogens is 242 g/mol. The number of aliphatic hydroxyl groups excluding tert-OH is 1. The Morgan fingerprint density at radius 2 is 2.12 bits per heavy atom. The maximum absolute atomic E-state index is 11.5. The summed E-state index contributed by atoms with van der Waals surface area (Å²) < 4.78 is 24.7. The van der Waals surface area contributed by atoms with Crippen molar-refractivity contribution in [1.29, 1.82) is 0 Å². The zero-order chi connectivity index (χ0) is 12.0. The Labute approximate surface area is 99.6 Å². The molecule has 0 radical (unpaired) electrons. The van der Waals surface area contributed by atoms with Crippen molar-refractivity contribution in [3.05, 3.63) is 11.6 Å². The molecular formula is C10H15N3O3S. The molecule has 2 aliphatic rings. The second-order valence-corrected chi connectivity index (χ2v) is 7.05. The first-order chi connectivity index (χ1) is 8.07. The lowest BCUT2D eigenvalue weighted by Gasteiger charge is -2.22. The van der Waals surface area contributed by atoms with Crippen molar-refractivity contribution < 1.29 is 13.5 Å². The van der Waals surface area contributed by atoms with Crippen LogP contribution in [0.5, 0.6) is 0 Å². The number of hydrogen-bond donors (Lipinski definition) is 1. The van der Waals surface area contributed by atoms with Gasteiger partial charge >= 0.3 is 0 Å². The van der Waals surface area contributed by atoms with Crippen LogP contribution in [0.3, 0.4) is 0 Å². The average molecular weight is 257 g/mol. The van der Waals surface area contributed by atoms with Crippen molar-refractivity contribution in [3.8, 4) is 0 Å². The fraction of sp³-hybridized carbons (Fsp3) is 0.800. The number of nitrogens with zero attached hydrogens (tertiary/aromatic N) is 3. The molecule has 94 valence electrons. The smallest absolute Gasteiger partial charge is 0.151 e. The highest BCUT2D eigenvalue weighted by atomic mass is 32.2. The number of aliphatic hydroxyl groups is 1. The number of aromatic nitrogens is 3. The van der Waals surface area contributed by atoms with E-state index >= 15 is 0 Å². The van der Waals surface area contributed by atoms with Gasteiger partial charge in [0.05, 0.1) is 11.5 Å². The second kappa shape index (κ2) is 3.78. The lowest BCUT2D eigenvalue weighted by Crippen LogP contribution is -2.21. The summed E-state index contributed by atoms with van der Waals surface area (Å²) in [5.74, 6) is 1.68. The van der Waals surface area contributed by atoms with Crippen LogP contribution in [-0.2, 0) is 16.3 Å². The van der Waals surface area contributed by atoms with Crippen LogP contribution >= 0.6 is 0 Å². The number of rotatable bonds is 1. The number of hydrogen-bond acceptors (Lipinski definition) is 5. The summed E-state index contributed by atoms with van der Waals surface area (Å²) in [4.78, 5) is 0. The minimum Gasteiger partial charge on any atom is -0.373 e. The van der Waals surface area contributed by atoms with Gasteiger partial charge < -0.3 is 5.11 Å². The maximum Gasteiger partial charge on any atom is 0.151 e. The van der Waals surface area contributed by atoms with Crippen LogP contribution in [0.4, 0.5) is 0 Å². The van der Waals surface area contributed by atoms with E-state index in [9.17, 15) is 13.5 Å². The van der Waals surface area contributed by atoms with Gasteiger partial charge in [-0.1, -0.05) is 0 Å². The van der Waals surface area contributed by atoms with Crippen molar-refractivity contribution >= 4 is 9.84 Å². The third-order valence-corrected chi connectivity index (χ3v) is 5.32. The van der Waals surface area contributed by atoms with Crippen LogP contribution in [0.25, 0.3) is 0 Å². The molecule has 2 unspecified atom stereocenters. The minimum absolute atomic E-state index is 0.103. The average Bonchev–Trinajstić information content (AvgIpc) is 2.82. The molecule has 7 heteroatoms. The quantitative estimate of drug-likeness (QED) is 0.766. The van der Waals surface area contributed by atoms with Gasteiger partial charge in [0.1, 0.15) is 17.9 Å². The maximum atomic E-state index is 11.5. The Bertz CT molecular complexity index is 537. The summed E-state index contributed by atoms with van der Waals surface area (Å²) in [6.07, 6.45) is 2.41. The summed E-state index contributed by atoms with van der Waals surface area (Å²) >= 11 is 0. The standard InChI is InChI=1S/C10H15N3O3S/c14-9-3-1-2-8-11-12-10(13(8)9)7-4-5-17(15,16)6-7/h7,9,14H,1-6H2. The molecule has 0 saturated carbocycles. The van der Waals surface area contributed by atoms with E-state index in [1.54, 1.807) is 4.57 Å². The molecule has 1 saturated heterocycles. The lowest BCUT2D eigenvalue weighted by molar-refractivity contribution is 0.0740. The SMILES string of the molecule is O=S1(=O)CCC(c2nnc3n2C(O)CCC3)C1. The Kier molecular flexibility index (Phi) is 2.48. The largest absolute Gasteiger partial charge is 0.373 e. The van der Waals surface area contributed by atoms with Crippen molar-refractivity contribution in [2.24, 2.45) is 0 Å². The van der Waals surface area contributed by atoms with Crippen LogP contribution < -0.4 is 0 Å². The summed E-state index contributed by atoms with van der Waals surface area (Å²) in [6.45, 7) is 0. The summed E-state index contributed by atoms with van der Waals surface area (Å²) in [6, 6.07) is 0. The van der Waals surface area contributed by atoms with E-state index in [0.717, 1.165) is 18.7 Å². The fourth-order valence-corrected chi connectivity index (χ4v) is 4.42. The number of fused-ring (bicyclic) bond motifs is 1. The van der Waals surface area contributed by atoms with Crippen molar-refractivity contribution in [2.45, 2.75) is 37.8 Å². The molecule has 0 aliphatic carbocycles. The van der Waals surface area contributed by atoms with Crippen LogP contribution in [0.1, 0.15) is 43.1 Å². The summed E-state index contributed by atoms with van der Waals surface area (Å²) in [7, 11) is -2.93. The first-order valence-corrected chi connectivity index (χ1v) is 7.71. The molecule has 3 rings (SSSR count). The molecule has 1 fully saturated rings. The van der Waals surface area contributed by atoms with Gasteiger partial charge in [0.2, 0.25) is 0 Å². The van der Waals surface area contributed by atoms with Crippen molar-refractivity contribution in [1.82, 2.24) is 14.8 Å². The highest BCUT2D eigenvalue weighted by Gasteiger charge is 2.35. The van der Waals surface area contributed by atoms with E-state index in [4.69, 9.17) is 0 Å². The molecule has 17 heavy (non-hydrogen) atoms. The molecule has 0 aromatic carbocycles. The van der Waals surface area contributed by atoms with E-state index in [-0.39, 0.29) is 17.4 Å². The Hall–Kier alpha value is -0.950. The van der Waals surface area contributed by atoms with Gasteiger partial charge in [-0.15, -0.1) is 10.2 Å². The number of aryl methyl sites for hydroxylation is 1. The van der Waals surface area contributed by atoms with Gasteiger partial charge in [-0.05, 0) is 19.3 Å². The second-order valence-electron chi connectivity index (χ2n) is 4.82. The number of sulfone groups is 1. The van der Waals surface area contributed by atoms with Gasteiger partial charge in [-0.2, -0.15) is 0 Å². The van der Waals surface area contributed by atoms with Gasteiger partial charge in [-0.25, -0.2) is 8.42 Å². The molecule has 3 heterocycles. The van der Waals surface area contributed by atoms with Crippen LogP contribution in [0.2, 0.25) is 0 Å². The molecule has 0 amide bonds. The normalized spacial score (nSPS) is 31.4. The van der Waals surface area contributed by atoms with Gasteiger partial charge in [-0.3, -0.25) is 4.57 Å². The first kappa shape index (κ1) is 11.2. The van der Waals surface area contributed by atoms with E-state index in [2.05, 4.69) is 10.2 Å². The van der Waals surface area contributed by atoms with Crippen molar-refractivity contribution in [3.63, 3.8) is 0 Å². The van der Waals surface area contributed by atoms with E-state index in [0.29, 0.717) is 18.7 Å². The van der Waals surface area contributed by atoms with E-state index in [1.165, 1.54) is 0 Å². The van der Waals surface area contributed by atoms with Gasteiger partial charge in [0.15, 0.2) is 9.84 Å².